The molecule has 1 aromatic heterocycles. The number of nitrogens with zero attached hydrogens (tertiary/aromatic N) is 4. The fourth-order valence-corrected chi connectivity index (χ4v) is 5.70. The maximum absolute atomic E-state index is 13.6. The van der Waals surface area contributed by atoms with Gasteiger partial charge in [-0.2, -0.15) is 0 Å². The molecule has 4 rings (SSSR count). The number of likely N-dealkylation sites (N-methyl/N-ethyl adjacent to an activating group) is 1. The molecular weight excluding hydrogens is 456 g/mol. The summed E-state index contributed by atoms with van der Waals surface area (Å²) in [4.78, 5) is 36.7. The van der Waals surface area contributed by atoms with Crippen LogP contribution >= 0.6 is 0 Å². The number of likely N-dealkylation sites (tertiary alicyclic amines) is 1. The number of aromatic nitrogens is 1. The molecule has 1 aromatic carbocycles. The zero-order valence-corrected chi connectivity index (χ0v) is 21.9. The van der Waals surface area contributed by atoms with Crippen LogP contribution in [-0.4, -0.2) is 83.6 Å². The van der Waals surface area contributed by atoms with Gasteiger partial charge in [0.25, 0.3) is 5.91 Å². The van der Waals surface area contributed by atoms with Crippen molar-refractivity contribution in [2.75, 3.05) is 40.4 Å². The number of imide groups is 1. The number of piperidine rings is 1. The second-order valence-corrected chi connectivity index (χ2v) is 9.76. The number of hydrogen-bond acceptors (Lipinski definition) is 6. The molecule has 2 aliphatic heterocycles. The van der Waals surface area contributed by atoms with E-state index >= 15 is 0 Å². The number of carbonyl (C=O) groups is 2. The molecule has 3 amide bonds. The number of ether oxygens (including phenoxy) is 2. The Labute approximate surface area is 214 Å². The van der Waals surface area contributed by atoms with Crippen molar-refractivity contribution in [1.29, 1.82) is 0 Å². The van der Waals surface area contributed by atoms with Crippen LogP contribution in [0.4, 0.5) is 4.79 Å². The van der Waals surface area contributed by atoms with Crippen LogP contribution in [-0.2, 0) is 17.6 Å². The highest BCUT2D eigenvalue weighted by Crippen LogP contribution is 2.38. The van der Waals surface area contributed by atoms with E-state index in [0.29, 0.717) is 32.0 Å². The van der Waals surface area contributed by atoms with E-state index in [-0.39, 0.29) is 11.9 Å². The molecule has 194 valence electrons. The molecular formula is C28H38N4O4. The van der Waals surface area contributed by atoms with Crippen molar-refractivity contribution in [3.8, 4) is 11.5 Å². The number of urea groups is 1. The number of carbonyl (C=O) groups excluding carboxylic acids is 2. The summed E-state index contributed by atoms with van der Waals surface area (Å²) < 4.78 is 10.8. The van der Waals surface area contributed by atoms with Gasteiger partial charge in [0.1, 0.15) is 5.54 Å². The highest BCUT2D eigenvalue weighted by Gasteiger charge is 2.57. The Kier molecular flexibility index (Phi) is 8.14. The lowest BCUT2D eigenvalue weighted by atomic mass is 9.85. The van der Waals surface area contributed by atoms with Crippen LogP contribution in [0.2, 0.25) is 0 Å². The molecule has 0 aliphatic carbocycles. The molecule has 1 spiro atoms. The number of benzene rings is 1. The minimum Gasteiger partial charge on any atom is -0.493 e. The van der Waals surface area contributed by atoms with Crippen LogP contribution in [0, 0.1) is 0 Å². The first-order valence-corrected chi connectivity index (χ1v) is 12.9. The first kappa shape index (κ1) is 25.9. The Bertz CT molecular complexity index is 1050. The van der Waals surface area contributed by atoms with E-state index in [4.69, 9.17) is 9.47 Å². The summed E-state index contributed by atoms with van der Waals surface area (Å²) in [7, 11) is 3.29. The summed E-state index contributed by atoms with van der Waals surface area (Å²) in [6.45, 7) is 6.76. The van der Waals surface area contributed by atoms with E-state index in [1.54, 1.807) is 20.4 Å². The number of aryl methyl sites for hydroxylation is 1. The maximum Gasteiger partial charge on any atom is 0.327 e. The standard InChI is InChI=1S/C28H38N4O4/c1-5-32-27(34)31(15-7-9-22-8-6-14-29-20-22)26(33)28(32)12-16-30(17-13-28)21(2)18-23-10-11-24(35-3)25(19-23)36-4/h6,8,10-11,14,19-21H,5,7,9,12-13,15-18H2,1-4H3. The van der Waals surface area contributed by atoms with E-state index in [2.05, 4.69) is 22.9 Å². The van der Waals surface area contributed by atoms with E-state index < -0.39 is 5.54 Å². The molecule has 0 bridgehead atoms. The lowest BCUT2D eigenvalue weighted by molar-refractivity contribution is -0.136. The van der Waals surface area contributed by atoms with E-state index in [0.717, 1.165) is 49.4 Å². The smallest absolute Gasteiger partial charge is 0.327 e. The second-order valence-electron chi connectivity index (χ2n) is 9.76. The first-order valence-electron chi connectivity index (χ1n) is 12.9. The molecule has 36 heavy (non-hydrogen) atoms. The molecule has 2 fully saturated rings. The minimum absolute atomic E-state index is 0.0206. The van der Waals surface area contributed by atoms with Gasteiger partial charge in [0.05, 0.1) is 14.2 Å². The Morgan fingerprint density at radius 1 is 1.06 bits per heavy atom. The molecule has 0 N–H and O–H groups in total. The van der Waals surface area contributed by atoms with Crippen LogP contribution in [0.3, 0.4) is 0 Å². The lowest BCUT2D eigenvalue weighted by Crippen LogP contribution is -2.57. The molecule has 2 aromatic rings. The van der Waals surface area contributed by atoms with E-state index in [1.807, 2.05) is 42.3 Å². The van der Waals surface area contributed by atoms with Gasteiger partial charge in [-0.25, -0.2) is 4.79 Å². The molecule has 1 unspecified atom stereocenters. The molecule has 0 saturated carbocycles. The van der Waals surface area contributed by atoms with Gasteiger partial charge in [-0.05, 0) is 75.3 Å². The van der Waals surface area contributed by atoms with Crippen LogP contribution in [0.15, 0.2) is 42.7 Å². The summed E-state index contributed by atoms with van der Waals surface area (Å²) in [6, 6.07) is 10.2. The van der Waals surface area contributed by atoms with Gasteiger partial charge in [-0.15, -0.1) is 0 Å². The number of methoxy groups -OCH3 is 2. The van der Waals surface area contributed by atoms with Crippen molar-refractivity contribution in [2.45, 2.75) is 57.5 Å². The minimum atomic E-state index is -0.709. The van der Waals surface area contributed by atoms with E-state index in [1.165, 1.54) is 10.5 Å². The Hall–Kier alpha value is -3.13. The summed E-state index contributed by atoms with van der Waals surface area (Å²) in [5.74, 6) is 1.44. The van der Waals surface area contributed by atoms with Crippen molar-refractivity contribution in [3.63, 3.8) is 0 Å². The Morgan fingerprint density at radius 3 is 2.44 bits per heavy atom. The van der Waals surface area contributed by atoms with Crippen molar-refractivity contribution in [3.05, 3.63) is 53.9 Å². The molecule has 2 aliphatic rings. The number of amides is 3. The second kappa shape index (κ2) is 11.3. The van der Waals surface area contributed by atoms with Crippen LogP contribution < -0.4 is 9.47 Å². The van der Waals surface area contributed by atoms with Gasteiger partial charge >= 0.3 is 6.03 Å². The van der Waals surface area contributed by atoms with Gasteiger partial charge in [-0.3, -0.25) is 14.7 Å². The van der Waals surface area contributed by atoms with Crippen molar-refractivity contribution in [1.82, 2.24) is 19.7 Å². The zero-order valence-electron chi connectivity index (χ0n) is 21.9. The average Bonchev–Trinajstić information content (AvgIpc) is 3.09. The molecule has 8 nitrogen and oxygen atoms in total. The normalized spacial score (nSPS) is 18.7. The number of hydrogen-bond donors (Lipinski definition) is 0. The average molecular weight is 495 g/mol. The third-order valence-electron chi connectivity index (χ3n) is 7.74. The number of rotatable bonds is 10. The highest BCUT2D eigenvalue weighted by molar-refractivity contribution is 6.07. The molecule has 1 atom stereocenters. The van der Waals surface area contributed by atoms with Gasteiger partial charge in [0.15, 0.2) is 11.5 Å². The van der Waals surface area contributed by atoms with Crippen LogP contribution in [0.5, 0.6) is 11.5 Å². The van der Waals surface area contributed by atoms with Gasteiger partial charge in [-0.1, -0.05) is 12.1 Å². The topological polar surface area (TPSA) is 75.2 Å². The summed E-state index contributed by atoms with van der Waals surface area (Å²) in [5, 5.41) is 0. The van der Waals surface area contributed by atoms with Crippen molar-refractivity contribution < 1.29 is 19.1 Å². The fraction of sp³-hybridized carbons (Fsp3) is 0.536. The summed E-state index contributed by atoms with van der Waals surface area (Å²) in [6.07, 6.45) is 7.34. The van der Waals surface area contributed by atoms with Gasteiger partial charge in [0, 0.05) is 44.6 Å². The molecule has 0 radical (unpaired) electrons. The van der Waals surface area contributed by atoms with E-state index in [9.17, 15) is 9.59 Å². The molecule has 2 saturated heterocycles. The zero-order chi connectivity index (χ0) is 25.7. The summed E-state index contributed by atoms with van der Waals surface area (Å²) in [5.41, 5.74) is 1.60. The van der Waals surface area contributed by atoms with Gasteiger partial charge in [0.2, 0.25) is 0 Å². The molecule has 8 heteroatoms. The largest absolute Gasteiger partial charge is 0.493 e. The SMILES string of the molecule is CCN1C(=O)N(CCCc2cccnc2)C(=O)C12CCN(C(C)Cc1ccc(OC)c(OC)c1)CC2. The predicted octanol–water partition coefficient (Wildman–Crippen LogP) is 3.78. The van der Waals surface area contributed by atoms with Crippen molar-refractivity contribution in [2.24, 2.45) is 0 Å². The predicted molar refractivity (Wildman–Crippen MR) is 138 cm³/mol. The fourth-order valence-electron chi connectivity index (χ4n) is 5.70. The van der Waals surface area contributed by atoms with Crippen LogP contribution in [0.1, 0.15) is 44.2 Å². The third-order valence-corrected chi connectivity index (χ3v) is 7.74. The maximum atomic E-state index is 13.6. The Morgan fingerprint density at radius 2 is 1.81 bits per heavy atom. The monoisotopic (exact) mass is 494 g/mol. The quantitative estimate of drug-likeness (QED) is 0.468. The number of pyridine rings is 1. The first-order chi connectivity index (χ1) is 17.4. The van der Waals surface area contributed by atoms with Gasteiger partial charge < -0.3 is 19.3 Å². The van der Waals surface area contributed by atoms with Crippen molar-refractivity contribution >= 4 is 11.9 Å². The summed E-state index contributed by atoms with van der Waals surface area (Å²) >= 11 is 0. The highest BCUT2D eigenvalue weighted by atomic mass is 16.5. The lowest BCUT2D eigenvalue weighted by Gasteiger charge is -2.43. The Balaban J connectivity index is 1.37. The third kappa shape index (κ3) is 5.05. The molecule has 3 heterocycles. The van der Waals surface area contributed by atoms with Crippen LogP contribution in [0.25, 0.3) is 0 Å².